The van der Waals surface area contributed by atoms with E-state index < -0.39 is 6.10 Å². The first kappa shape index (κ1) is 18.7. The molecule has 1 aromatic heterocycles. The van der Waals surface area contributed by atoms with E-state index >= 15 is 0 Å². The van der Waals surface area contributed by atoms with Crippen molar-refractivity contribution < 1.29 is 5.11 Å². The minimum atomic E-state index is -0.413. The van der Waals surface area contributed by atoms with Gasteiger partial charge in [-0.2, -0.15) is 0 Å². The lowest BCUT2D eigenvalue weighted by atomic mass is 9.96. The van der Waals surface area contributed by atoms with Gasteiger partial charge in [-0.15, -0.1) is 0 Å². The fourth-order valence-corrected chi connectivity index (χ4v) is 3.09. The maximum absolute atomic E-state index is 10.2. The van der Waals surface area contributed by atoms with Crippen LogP contribution in [-0.2, 0) is 6.42 Å². The molecule has 0 amide bonds. The van der Waals surface area contributed by atoms with Crippen LogP contribution in [0.2, 0.25) is 0 Å². The van der Waals surface area contributed by atoms with Crippen LogP contribution in [0.3, 0.4) is 0 Å². The largest absolute Gasteiger partial charge is 0.388 e. The summed E-state index contributed by atoms with van der Waals surface area (Å²) in [6, 6.07) is 12.4. The summed E-state index contributed by atoms with van der Waals surface area (Å²) in [6.07, 6.45) is 11.2. The van der Waals surface area contributed by atoms with Gasteiger partial charge in [0.15, 0.2) is 0 Å². The summed E-state index contributed by atoms with van der Waals surface area (Å²) in [6.45, 7) is 4.26. The summed E-state index contributed by atoms with van der Waals surface area (Å²) in [5.74, 6) is 0. The zero-order valence-electron chi connectivity index (χ0n) is 15.2. The van der Waals surface area contributed by atoms with Gasteiger partial charge in [-0.1, -0.05) is 76.3 Å². The van der Waals surface area contributed by atoms with Crippen molar-refractivity contribution in [3.8, 4) is 11.1 Å². The highest BCUT2D eigenvalue weighted by Crippen LogP contribution is 2.29. The monoisotopic (exact) mass is 325 g/mol. The molecule has 24 heavy (non-hydrogen) atoms. The van der Waals surface area contributed by atoms with E-state index in [2.05, 4.69) is 30.1 Å². The summed E-state index contributed by atoms with van der Waals surface area (Å²) in [7, 11) is 0. The van der Waals surface area contributed by atoms with E-state index in [1.165, 1.54) is 44.2 Å². The number of nitrogens with zero attached hydrogens (tertiary/aromatic N) is 1. The van der Waals surface area contributed by atoms with Crippen LogP contribution < -0.4 is 0 Å². The summed E-state index contributed by atoms with van der Waals surface area (Å²) in [5, 5.41) is 10.2. The molecule has 0 saturated heterocycles. The highest BCUT2D eigenvalue weighted by molar-refractivity contribution is 5.67. The van der Waals surface area contributed by atoms with Crippen molar-refractivity contribution in [3.05, 3.63) is 53.9 Å². The number of pyridine rings is 1. The van der Waals surface area contributed by atoms with Crippen LogP contribution in [0.5, 0.6) is 0 Å². The Labute approximate surface area is 147 Å². The molecular weight excluding hydrogens is 294 g/mol. The van der Waals surface area contributed by atoms with Crippen molar-refractivity contribution in [3.63, 3.8) is 0 Å². The molecule has 2 heteroatoms. The molecule has 0 spiro atoms. The van der Waals surface area contributed by atoms with Crippen LogP contribution in [0.1, 0.15) is 76.2 Å². The predicted molar refractivity (Wildman–Crippen MR) is 102 cm³/mol. The van der Waals surface area contributed by atoms with Crippen molar-refractivity contribution in [1.29, 1.82) is 0 Å². The number of rotatable bonds is 10. The summed E-state index contributed by atoms with van der Waals surface area (Å²) >= 11 is 0. The Morgan fingerprint density at radius 2 is 1.67 bits per heavy atom. The first-order valence-electron chi connectivity index (χ1n) is 9.48. The molecule has 1 aromatic carbocycles. The number of aryl methyl sites for hydroxylation is 1. The van der Waals surface area contributed by atoms with E-state index in [1.807, 2.05) is 31.3 Å². The lowest BCUT2D eigenvalue weighted by Gasteiger charge is -2.14. The fraction of sp³-hybridized carbons (Fsp3) is 0.500. The highest BCUT2D eigenvalue weighted by atomic mass is 16.3. The predicted octanol–water partition coefficient (Wildman–Crippen LogP) is 6.10. The molecule has 1 heterocycles. The Hall–Kier alpha value is -1.67. The van der Waals surface area contributed by atoms with E-state index in [0.29, 0.717) is 0 Å². The van der Waals surface area contributed by atoms with Gasteiger partial charge in [0.05, 0.1) is 6.10 Å². The molecule has 2 nitrogen and oxygen atoms in total. The molecule has 0 radical (unpaired) electrons. The van der Waals surface area contributed by atoms with Gasteiger partial charge in [0, 0.05) is 17.5 Å². The second-order valence-corrected chi connectivity index (χ2v) is 6.57. The van der Waals surface area contributed by atoms with E-state index in [1.54, 1.807) is 0 Å². The number of benzene rings is 1. The standard InChI is InChI=1S/C22H31NO/c1-3-5-6-7-8-9-12-19-16-15-18(17-23-19)20-13-10-11-14-21(20)22(24)4-2/h10-11,13-17,22,24H,3-9,12H2,1-2H3. The molecule has 2 aromatic rings. The molecule has 130 valence electrons. The van der Waals surface area contributed by atoms with Crippen molar-refractivity contribution in [1.82, 2.24) is 4.98 Å². The summed E-state index contributed by atoms with van der Waals surface area (Å²) in [5.41, 5.74) is 4.34. The average Bonchev–Trinajstić information content (AvgIpc) is 2.64. The normalized spacial score (nSPS) is 12.3. The Morgan fingerprint density at radius 3 is 2.38 bits per heavy atom. The van der Waals surface area contributed by atoms with Crippen molar-refractivity contribution >= 4 is 0 Å². The van der Waals surface area contributed by atoms with Gasteiger partial charge in [-0.3, -0.25) is 4.98 Å². The first-order valence-corrected chi connectivity index (χ1v) is 9.48. The van der Waals surface area contributed by atoms with Crippen LogP contribution in [0, 0.1) is 0 Å². The maximum atomic E-state index is 10.2. The molecule has 0 bridgehead atoms. The third-order valence-corrected chi connectivity index (χ3v) is 4.63. The van der Waals surface area contributed by atoms with Crippen molar-refractivity contribution in [2.45, 2.75) is 71.3 Å². The van der Waals surface area contributed by atoms with Gasteiger partial charge >= 0.3 is 0 Å². The van der Waals surface area contributed by atoms with E-state index in [0.717, 1.165) is 29.5 Å². The SMILES string of the molecule is CCCCCCCCc1ccc(-c2ccccc2C(O)CC)cn1. The molecule has 0 aliphatic heterocycles. The molecule has 0 aliphatic carbocycles. The minimum Gasteiger partial charge on any atom is -0.388 e. The second kappa shape index (κ2) is 10.2. The van der Waals surface area contributed by atoms with E-state index in [9.17, 15) is 5.11 Å². The van der Waals surface area contributed by atoms with Gasteiger partial charge in [-0.25, -0.2) is 0 Å². The summed E-state index contributed by atoms with van der Waals surface area (Å²) < 4.78 is 0. The van der Waals surface area contributed by atoms with Gasteiger partial charge in [0.25, 0.3) is 0 Å². The highest BCUT2D eigenvalue weighted by Gasteiger charge is 2.11. The number of aromatic nitrogens is 1. The van der Waals surface area contributed by atoms with Gasteiger partial charge in [0.2, 0.25) is 0 Å². The molecule has 1 unspecified atom stereocenters. The van der Waals surface area contributed by atoms with Crippen molar-refractivity contribution in [2.24, 2.45) is 0 Å². The number of hydrogen-bond acceptors (Lipinski definition) is 2. The average molecular weight is 325 g/mol. The number of aliphatic hydroxyl groups is 1. The molecule has 2 rings (SSSR count). The maximum Gasteiger partial charge on any atom is 0.0793 e. The zero-order valence-corrected chi connectivity index (χ0v) is 15.2. The minimum absolute atomic E-state index is 0.413. The molecule has 0 fully saturated rings. The molecule has 0 saturated carbocycles. The zero-order chi connectivity index (χ0) is 17.2. The Balaban J connectivity index is 1.95. The smallest absolute Gasteiger partial charge is 0.0793 e. The van der Waals surface area contributed by atoms with Gasteiger partial charge in [-0.05, 0) is 36.5 Å². The van der Waals surface area contributed by atoms with Crippen LogP contribution in [0.25, 0.3) is 11.1 Å². The van der Waals surface area contributed by atoms with Gasteiger partial charge < -0.3 is 5.11 Å². The van der Waals surface area contributed by atoms with E-state index in [-0.39, 0.29) is 0 Å². The third kappa shape index (κ3) is 5.45. The van der Waals surface area contributed by atoms with Gasteiger partial charge in [0.1, 0.15) is 0 Å². The quantitative estimate of drug-likeness (QED) is 0.536. The third-order valence-electron chi connectivity index (χ3n) is 4.63. The summed E-state index contributed by atoms with van der Waals surface area (Å²) in [4.78, 5) is 4.63. The molecular formula is C22H31NO. The lowest BCUT2D eigenvalue weighted by Crippen LogP contribution is -1.98. The fourth-order valence-electron chi connectivity index (χ4n) is 3.09. The number of unbranched alkanes of at least 4 members (excludes halogenated alkanes) is 5. The number of aliphatic hydroxyl groups excluding tert-OH is 1. The van der Waals surface area contributed by atoms with E-state index in [4.69, 9.17) is 0 Å². The Kier molecular flexibility index (Phi) is 7.97. The second-order valence-electron chi connectivity index (χ2n) is 6.57. The first-order chi connectivity index (χ1) is 11.8. The molecule has 1 N–H and O–H groups in total. The molecule has 0 aliphatic rings. The molecule has 1 atom stereocenters. The van der Waals surface area contributed by atoms with Crippen molar-refractivity contribution in [2.75, 3.05) is 0 Å². The van der Waals surface area contributed by atoms with Crippen LogP contribution in [-0.4, -0.2) is 10.1 Å². The van der Waals surface area contributed by atoms with Crippen LogP contribution >= 0.6 is 0 Å². The van der Waals surface area contributed by atoms with Crippen LogP contribution in [0.15, 0.2) is 42.6 Å². The topological polar surface area (TPSA) is 33.1 Å². The Bertz CT molecular complexity index is 591. The van der Waals surface area contributed by atoms with Crippen LogP contribution in [0.4, 0.5) is 0 Å². The number of hydrogen-bond donors (Lipinski definition) is 1. The Morgan fingerprint density at radius 1 is 0.917 bits per heavy atom. The lowest BCUT2D eigenvalue weighted by molar-refractivity contribution is 0.174.